The van der Waals surface area contributed by atoms with Gasteiger partial charge in [0, 0.05) is 5.56 Å². The van der Waals surface area contributed by atoms with Gasteiger partial charge in [0.25, 0.3) is 0 Å². The minimum Gasteiger partial charge on any atom is -0.283 e. The van der Waals surface area contributed by atoms with Gasteiger partial charge in [-0.25, -0.2) is 5.06 Å². The molecule has 0 saturated carbocycles. The average molecular weight is 261 g/mol. The Morgan fingerprint density at radius 3 is 1.85 bits per heavy atom. The van der Waals surface area contributed by atoms with Crippen LogP contribution in [-0.2, 0) is 0 Å². The molecule has 1 N–H and O–H groups in total. The molecule has 0 spiro atoms. The summed E-state index contributed by atoms with van der Waals surface area (Å²) < 4.78 is 0. The van der Waals surface area contributed by atoms with Crippen molar-refractivity contribution in [1.29, 1.82) is 0 Å². The monoisotopic (exact) mass is 261 g/mol. The van der Waals surface area contributed by atoms with Crippen molar-refractivity contribution in [2.75, 3.05) is 5.06 Å². The van der Waals surface area contributed by atoms with E-state index in [0.717, 1.165) is 22.5 Å². The number of hydrogen-bond acceptors (Lipinski definition) is 2. The summed E-state index contributed by atoms with van der Waals surface area (Å²) in [6, 6.07) is 27.4. The minimum absolute atomic E-state index is 0.746. The van der Waals surface area contributed by atoms with Crippen LogP contribution in [-0.4, -0.2) is 5.21 Å². The summed E-state index contributed by atoms with van der Waals surface area (Å²) in [4.78, 5) is 0. The first-order chi connectivity index (χ1) is 9.86. The molecule has 3 aromatic rings. The smallest absolute Gasteiger partial charge is 0.0771 e. The molecule has 0 fully saturated rings. The maximum Gasteiger partial charge on any atom is 0.0771 e. The second-order valence-electron chi connectivity index (χ2n) is 4.53. The molecule has 3 aromatic carbocycles. The zero-order valence-corrected chi connectivity index (χ0v) is 11.0. The SMILES string of the molecule is ON(c1ccccc1)c1ccccc1-c1ccccc1. The summed E-state index contributed by atoms with van der Waals surface area (Å²) in [7, 11) is 0. The normalized spacial score (nSPS) is 10.2. The fourth-order valence-electron chi connectivity index (χ4n) is 2.23. The van der Waals surface area contributed by atoms with E-state index in [-0.39, 0.29) is 0 Å². The molecule has 0 aliphatic carbocycles. The Morgan fingerprint density at radius 2 is 1.15 bits per heavy atom. The quantitative estimate of drug-likeness (QED) is 0.679. The highest BCUT2D eigenvalue weighted by atomic mass is 16.5. The topological polar surface area (TPSA) is 23.5 Å². The molecule has 0 saturated heterocycles. The van der Waals surface area contributed by atoms with E-state index in [4.69, 9.17) is 0 Å². The molecule has 0 aliphatic heterocycles. The van der Waals surface area contributed by atoms with Gasteiger partial charge in [0.15, 0.2) is 0 Å². The Balaban J connectivity index is 2.07. The fraction of sp³-hybridized carbons (Fsp3) is 0. The number of para-hydroxylation sites is 2. The van der Waals surface area contributed by atoms with Gasteiger partial charge in [0.05, 0.1) is 11.4 Å². The van der Waals surface area contributed by atoms with Gasteiger partial charge < -0.3 is 0 Å². The molecular formula is C18H15NO. The minimum atomic E-state index is 0.746. The molecule has 0 aromatic heterocycles. The highest BCUT2D eigenvalue weighted by molar-refractivity contribution is 5.81. The second-order valence-corrected chi connectivity index (χ2v) is 4.53. The van der Waals surface area contributed by atoms with Crippen molar-refractivity contribution in [2.45, 2.75) is 0 Å². The molecule has 2 nitrogen and oxygen atoms in total. The Labute approximate surface area is 118 Å². The lowest BCUT2D eigenvalue weighted by Gasteiger charge is -2.20. The third-order valence-corrected chi connectivity index (χ3v) is 3.22. The third-order valence-electron chi connectivity index (χ3n) is 3.22. The summed E-state index contributed by atoms with van der Waals surface area (Å²) in [5.41, 5.74) is 3.60. The highest BCUT2D eigenvalue weighted by Gasteiger charge is 2.11. The van der Waals surface area contributed by atoms with Crippen LogP contribution < -0.4 is 5.06 Å². The molecule has 0 amide bonds. The zero-order chi connectivity index (χ0) is 13.8. The zero-order valence-electron chi connectivity index (χ0n) is 11.0. The van der Waals surface area contributed by atoms with Gasteiger partial charge in [-0.15, -0.1) is 0 Å². The molecule has 20 heavy (non-hydrogen) atoms. The standard InChI is InChI=1S/C18H15NO/c20-19(16-11-5-2-6-12-16)18-14-8-7-13-17(18)15-9-3-1-4-10-15/h1-14,20H. The van der Waals surface area contributed by atoms with Crippen LogP contribution in [0.25, 0.3) is 11.1 Å². The molecule has 0 unspecified atom stereocenters. The first-order valence-corrected chi connectivity index (χ1v) is 6.55. The van der Waals surface area contributed by atoms with E-state index in [9.17, 15) is 5.21 Å². The Bertz CT molecular complexity index is 680. The Hall–Kier alpha value is -2.58. The lowest BCUT2D eigenvalue weighted by Crippen LogP contribution is -2.11. The van der Waals surface area contributed by atoms with Gasteiger partial charge in [0.1, 0.15) is 0 Å². The summed E-state index contributed by atoms with van der Waals surface area (Å²) in [5.74, 6) is 0. The van der Waals surface area contributed by atoms with Crippen LogP contribution in [0.1, 0.15) is 0 Å². The van der Waals surface area contributed by atoms with Crippen LogP contribution in [0, 0.1) is 0 Å². The van der Waals surface area contributed by atoms with Crippen molar-refractivity contribution in [2.24, 2.45) is 0 Å². The molecule has 0 heterocycles. The highest BCUT2D eigenvalue weighted by Crippen LogP contribution is 2.33. The summed E-state index contributed by atoms with van der Waals surface area (Å²) in [5, 5.41) is 11.7. The lowest BCUT2D eigenvalue weighted by molar-refractivity contribution is 0.301. The third kappa shape index (κ3) is 2.42. The van der Waals surface area contributed by atoms with Crippen LogP contribution in [0.15, 0.2) is 84.9 Å². The van der Waals surface area contributed by atoms with E-state index in [1.165, 1.54) is 5.06 Å². The van der Waals surface area contributed by atoms with Crippen LogP contribution >= 0.6 is 0 Å². The van der Waals surface area contributed by atoms with E-state index in [1.807, 2.05) is 84.9 Å². The van der Waals surface area contributed by atoms with Gasteiger partial charge in [-0.3, -0.25) is 5.21 Å². The summed E-state index contributed by atoms with van der Waals surface area (Å²) >= 11 is 0. The maximum absolute atomic E-state index is 10.5. The van der Waals surface area contributed by atoms with Crippen molar-refractivity contribution >= 4 is 11.4 Å². The molecule has 2 heteroatoms. The molecule has 3 rings (SSSR count). The predicted molar refractivity (Wildman–Crippen MR) is 82.2 cm³/mol. The molecule has 98 valence electrons. The summed E-state index contributed by atoms with van der Waals surface area (Å²) in [6.45, 7) is 0. The number of rotatable bonds is 3. The Morgan fingerprint density at radius 1 is 0.600 bits per heavy atom. The van der Waals surface area contributed by atoms with Gasteiger partial charge in [0.2, 0.25) is 0 Å². The molecule has 0 aliphatic rings. The Kier molecular flexibility index (Phi) is 3.48. The average Bonchev–Trinajstić information content (AvgIpc) is 2.56. The van der Waals surface area contributed by atoms with Crippen molar-refractivity contribution in [1.82, 2.24) is 0 Å². The van der Waals surface area contributed by atoms with E-state index >= 15 is 0 Å². The van der Waals surface area contributed by atoms with Gasteiger partial charge >= 0.3 is 0 Å². The maximum atomic E-state index is 10.5. The largest absolute Gasteiger partial charge is 0.283 e. The molecule has 0 atom stereocenters. The van der Waals surface area contributed by atoms with Crippen molar-refractivity contribution in [3.8, 4) is 11.1 Å². The van der Waals surface area contributed by atoms with Crippen molar-refractivity contribution in [3.63, 3.8) is 0 Å². The first-order valence-electron chi connectivity index (χ1n) is 6.55. The van der Waals surface area contributed by atoms with Crippen molar-refractivity contribution < 1.29 is 5.21 Å². The van der Waals surface area contributed by atoms with Crippen LogP contribution in [0.4, 0.5) is 11.4 Å². The molecular weight excluding hydrogens is 246 g/mol. The van der Waals surface area contributed by atoms with Crippen LogP contribution in [0.5, 0.6) is 0 Å². The predicted octanol–water partition coefficient (Wildman–Crippen LogP) is 4.88. The van der Waals surface area contributed by atoms with Crippen LogP contribution in [0.3, 0.4) is 0 Å². The first kappa shape index (κ1) is 12.5. The number of benzene rings is 3. The second kappa shape index (κ2) is 5.59. The molecule has 0 radical (unpaired) electrons. The summed E-state index contributed by atoms with van der Waals surface area (Å²) in [6.07, 6.45) is 0. The van der Waals surface area contributed by atoms with Crippen LogP contribution in [0.2, 0.25) is 0 Å². The lowest BCUT2D eigenvalue weighted by atomic mass is 10.0. The number of hydrogen-bond donors (Lipinski definition) is 1. The molecule has 0 bridgehead atoms. The van der Waals surface area contributed by atoms with E-state index < -0.39 is 0 Å². The van der Waals surface area contributed by atoms with E-state index in [2.05, 4.69) is 0 Å². The number of anilines is 2. The van der Waals surface area contributed by atoms with Crippen molar-refractivity contribution in [3.05, 3.63) is 84.9 Å². The van der Waals surface area contributed by atoms with Gasteiger partial charge in [-0.1, -0.05) is 66.7 Å². The van der Waals surface area contributed by atoms with Gasteiger partial charge in [-0.05, 0) is 23.8 Å². The fourth-order valence-corrected chi connectivity index (χ4v) is 2.23. The number of nitrogens with zero attached hydrogens (tertiary/aromatic N) is 1. The van der Waals surface area contributed by atoms with E-state index in [1.54, 1.807) is 0 Å². The van der Waals surface area contributed by atoms with Gasteiger partial charge in [-0.2, -0.15) is 0 Å². The van der Waals surface area contributed by atoms with E-state index in [0.29, 0.717) is 0 Å².